The smallest absolute Gasteiger partial charge is 0.251 e. The molecule has 1 saturated heterocycles. The van der Waals surface area contributed by atoms with Crippen molar-refractivity contribution >= 4 is 5.91 Å². The first-order valence-electron chi connectivity index (χ1n) is 10.1. The molecule has 2 N–H and O–H groups in total. The van der Waals surface area contributed by atoms with Gasteiger partial charge in [0.1, 0.15) is 6.10 Å². The molecule has 150 valence electrons. The molecule has 1 aliphatic carbocycles. The van der Waals surface area contributed by atoms with Crippen LogP contribution in [0.2, 0.25) is 0 Å². The number of carbonyl (C=O) groups is 1. The second-order valence-electron chi connectivity index (χ2n) is 7.72. The number of nitrogens with zero attached hydrogens (tertiary/aromatic N) is 1. The summed E-state index contributed by atoms with van der Waals surface area (Å²) in [6.45, 7) is 4.05. The summed E-state index contributed by atoms with van der Waals surface area (Å²) in [5.41, 5.74) is 0.496. The Morgan fingerprint density at radius 2 is 1.93 bits per heavy atom. The van der Waals surface area contributed by atoms with E-state index in [0.29, 0.717) is 17.1 Å². The van der Waals surface area contributed by atoms with E-state index in [9.17, 15) is 9.90 Å². The van der Waals surface area contributed by atoms with Crippen LogP contribution in [-0.4, -0.2) is 60.9 Å². The third-order valence-electron chi connectivity index (χ3n) is 5.60. The average molecular weight is 376 g/mol. The first-order valence-corrected chi connectivity index (χ1v) is 10.1. The van der Waals surface area contributed by atoms with E-state index < -0.39 is 6.10 Å². The van der Waals surface area contributed by atoms with Crippen molar-refractivity contribution in [2.75, 3.05) is 26.7 Å². The second kappa shape index (κ2) is 9.42. The van der Waals surface area contributed by atoms with Gasteiger partial charge in [-0.15, -0.1) is 0 Å². The molecule has 1 heterocycles. The maximum atomic E-state index is 12.2. The summed E-state index contributed by atoms with van der Waals surface area (Å²) in [7, 11) is 1.59. The van der Waals surface area contributed by atoms with Crippen molar-refractivity contribution < 1.29 is 19.4 Å². The second-order valence-corrected chi connectivity index (χ2v) is 7.72. The van der Waals surface area contributed by atoms with E-state index in [4.69, 9.17) is 9.47 Å². The molecule has 0 spiro atoms. The number of benzene rings is 1. The quantitative estimate of drug-likeness (QED) is 0.765. The van der Waals surface area contributed by atoms with Gasteiger partial charge in [-0.1, -0.05) is 12.8 Å². The van der Waals surface area contributed by atoms with Crippen molar-refractivity contribution in [1.82, 2.24) is 10.2 Å². The highest BCUT2D eigenvalue weighted by atomic mass is 16.5. The van der Waals surface area contributed by atoms with Gasteiger partial charge in [0, 0.05) is 31.2 Å². The number of aliphatic hydroxyl groups excluding tert-OH is 1. The van der Waals surface area contributed by atoms with Crippen molar-refractivity contribution in [3.63, 3.8) is 0 Å². The number of nitrogens with one attached hydrogen (secondary N) is 1. The fraction of sp³-hybridized carbons (Fsp3) is 0.667. The van der Waals surface area contributed by atoms with Gasteiger partial charge in [-0.3, -0.25) is 4.79 Å². The number of ether oxygens (including phenoxy) is 2. The Morgan fingerprint density at radius 1 is 1.22 bits per heavy atom. The van der Waals surface area contributed by atoms with Gasteiger partial charge in [0.2, 0.25) is 0 Å². The van der Waals surface area contributed by atoms with Crippen molar-refractivity contribution in [3.05, 3.63) is 23.8 Å². The van der Waals surface area contributed by atoms with Crippen molar-refractivity contribution in [3.8, 4) is 11.5 Å². The monoisotopic (exact) mass is 376 g/mol. The van der Waals surface area contributed by atoms with E-state index >= 15 is 0 Å². The van der Waals surface area contributed by atoms with Gasteiger partial charge in [-0.25, -0.2) is 0 Å². The number of likely N-dealkylation sites (tertiary alicyclic amines) is 1. The predicted octanol–water partition coefficient (Wildman–Crippen LogP) is 2.59. The lowest BCUT2D eigenvalue weighted by molar-refractivity contribution is 0.0750. The number of hydrogen-bond donors (Lipinski definition) is 2. The maximum absolute atomic E-state index is 12.2. The Bertz CT molecular complexity index is 621. The molecule has 6 heteroatoms. The van der Waals surface area contributed by atoms with Crippen LogP contribution in [0, 0.1) is 0 Å². The molecular formula is C21H32N2O4. The summed E-state index contributed by atoms with van der Waals surface area (Å²) in [6, 6.07) is 6.02. The number of aliphatic hydroxyl groups is 1. The Morgan fingerprint density at radius 3 is 2.56 bits per heavy atom. The van der Waals surface area contributed by atoms with E-state index in [2.05, 4.69) is 10.2 Å². The van der Waals surface area contributed by atoms with Gasteiger partial charge in [-0.05, 0) is 50.8 Å². The summed E-state index contributed by atoms with van der Waals surface area (Å²) in [6.07, 6.45) is 7.09. The Kier molecular flexibility index (Phi) is 6.96. The molecule has 27 heavy (non-hydrogen) atoms. The minimum atomic E-state index is -0.575. The molecule has 0 radical (unpaired) electrons. The summed E-state index contributed by atoms with van der Waals surface area (Å²) >= 11 is 0. The van der Waals surface area contributed by atoms with Gasteiger partial charge < -0.3 is 24.8 Å². The summed E-state index contributed by atoms with van der Waals surface area (Å²) < 4.78 is 11.6. The number of methoxy groups -OCH3 is 1. The highest BCUT2D eigenvalue weighted by Crippen LogP contribution is 2.32. The fourth-order valence-electron chi connectivity index (χ4n) is 4.06. The van der Waals surface area contributed by atoms with E-state index in [0.717, 1.165) is 32.0 Å². The van der Waals surface area contributed by atoms with Gasteiger partial charge in [0.25, 0.3) is 5.91 Å². The molecule has 3 rings (SSSR count). The molecular weight excluding hydrogens is 344 g/mol. The first kappa shape index (κ1) is 20.0. The van der Waals surface area contributed by atoms with Crippen LogP contribution in [0.1, 0.15) is 55.8 Å². The van der Waals surface area contributed by atoms with Gasteiger partial charge in [0.05, 0.1) is 13.2 Å². The Labute approximate surface area is 161 Å². The van der Waals surface area contributed by atoms with Gasteiger partial charge in [0.15, 0.2) is 11.5 Å². The molecule has 1 aromatic rings. The molecule has 2 fully saturated rings. The molecule has 1 aromatic carbocycles. The lowest BCUT2D eigenvalue weighted by Crippen LogP contribution is -2.43. The lowest BCUT2D eigenvalue weighted by atomic mass is 10.0. The van der Waals surface area contributed by atoms with Crippen LogP contribution in [-0.2, 0) is 0 Å². The molecule has 6 nitrogen and oxygen atoms in total. The summed E-state index contributed by atoms with van der Waals surface area (Å²) in [5, 5.41) is 12.0. The Balaban J connectivity index is 1.56. The number of hydrogen-bond acceptors (Lipinski definition) is 5. The van der Waals surface area contributed by atoms with Crippen LogP contribution in [0.15, 0.2) is 18.2 Å². The van der Waals surface area contributed by atoms with Crippen molar-refractivity contribution in [1.29, 1.82) is 0 Å². The third-order valence-corrected chi connectivity index (χ3v) is 5.60. The zero-order valence-electron chi connectivity index (χ0n) is 16.4. The van der Waals surface area contributed by atoms with E-state index in [1.807, 2.05) is 0 Å². The zero-order valence-corrected chi connectivity index (χ0v) is 16.4. The molecule has 2 aliphatic rings. The highest BCUT2D eigenvalue weighted by molar-refractivity contribution is 5.94. The maximum Gasteiger partial charge on any atom is 0.251 e. The van der Waals surface area contributed by atoms with Crippen LogP contribution in [0.5, 0.6) is 11.5 Å². The van der Waals surface area contributed by atoms with Crippen LogP contribution in [0.4, 0.5) is 0 Å². The number of rotatable bonds is 7. The summed E-state index contributed by atoms with van der Waals surface area (Å²) in [5.74, 6) is 1.02. The van der Waals surface area contributed by atoms with Crippen LogP contribution >= 0.6 is 0 Å². The number of carbonyl (C=O) groups excluding carboxylic acids is 1. The van der Waals surface area contributed by atoms with Gasteiger partial charge >= 0.3 is 0 Å². The lowest BCUT2D eigenvalue weighted by Gasteiger charge is -2.36. The minimum Gasteiger partial charge on any atom is -0.493 e. The highest BCUT2D eigenvalue weighted by Gasteiger charge is 2.28. The predicted molar refractivity (Wildman–Crippen MR) is 104 cm³/mol. The molecule has 1 aliphatic heterocycles. The first-order chi connectivity index (χ1) is 13.1. The van der Waals surface area contributed by atoms with E-state index in [1.54, 1.807) is 32.2 Å². The van der Waals surface area contributed by atoms with E-state index in [1.165, 1.54) is 25.7 Å². The number of amides is 1. The van der Waals surface area contributed by atoms with Crippen molar-refractivity contribution in [2.45, 2.75) is 63.7 Å². The topological polar surface area (TPSA) is 71.0 Å². The number of piperidine rings is 1. The van der Waals surface area contributed by atoms with Crippen LogP contribution in [0.3, 0.4) is 0 Å². The summed E-state index contributed by atoms with van der Waals surface area (Å²) in [4.78, 5) is 14.8. The molecule has 1 saturated carbocycles. The van der Waals surface area contributed by atoms with Crippen molar-refractivity contribution in [2.24, 2.45) is 0 Å². The zero-order chi connectivity index (χ0) is 19.2. The standard InChI is InChI=1S/C21H32N2O4/c1-15(24)14-22-21(25)16-7-8-19(20(13-16)26-2)27-18-9-11-23(12-10-18)17-5-3-4-6-17/h7-8,13,15,17-18,24H,3-6,9-12,14H2,1-2H3,(H,22,25). The van der Waals surface area contributed by atoms with Gasteiger partial charge in [-0.2, -0.15) is 0 Å². The fourth-order valence-corrected chi connectivity index (χ4v) is 4.06. The Hall–Kier alpha value is -1.79. The molecule has 1 unspecified atom stereocenters. The van der Waals surface area contributed by atoms with Crippen LogP contribution < -0.4 is 14.8 Å². The van der Waals surface area contributed by atoms with E-state index in [-0.39, 0.29) is 18.6 Å². The molecule has 0 bridgehead atoms. The SMILES string of the molecule is COc1cc(C(=O)NCC(C)O)ccc1OC1CCN(C2CCCC2)CC1. The average Bonchev–Trinajstić information content (AvgIpc) is 3.21. The molecule has 1 atom stereocenters. The molecule has 1 amide bonds. The molecule has 0 aromatic heterocycles. The normalized spacial score (nSPS) is 20.4. The largest absolute Gasteiger partial charge is 0.493 e. The van der Waals surface area contributed by atoms with Crippen LogP contribution in [0.25, 0.3) is 0 Å². The third kappa shape index (κ3) is 5.36. The minimum absolute atomic E-state index is 0.187.